The van der Waals surface area contributed by atoms with Crippen LogP contribution in [0.1, 0.15) is 23.2 Å². The van der Waals surface area contributed by atoms with Gasteiger partial charge in [0.25, 0.3) is 5.91 Å². The van der Waals surface area contributed by atoms with Gasteiger partial charge in [0.2, 0.25) is 10.0 Å². The number of urea groups is 1. The lowest BCUT2D eigenvalue weighted by atomic mass is 10.2. The Morgan fingerprint density at radius 3 is 2.13 bits per heavy atom. The lowest BCUT2D eigenvalue weighted by Gasteiger charge is -2.34. The molecule has 164 valence electrons. The summed E-state index contributed by atoms with van der Waals surface area (Å²) in [5, 5.41) is 2.47. The molecule has 3 amide bonds. The van der Waals surface area contributed by atoms with Crippen LogP contribution >= 0.6 is 0 Å². The summed E-state index contributed by atoms with van der Waals surface area (Å²) in [4.78, 5) is 28.2. The first-order chi connectivity index (χ1) is 14.8. The lowest BCUT2D eigenvalue weighted by molar-refractivity contribution is 0.0671. The minimum atomic E-state index is -3.33. The lowest BCUT2D eigenvalue weighted by Crippen LogP contribution is -2.51. The Morgan fingerprint density at radius 2 is 1.52 bits per heavy atom. The second kappa shape index (κ2) is 8.54. The van der Waals surface area contributed by atoms with Crippen molar-refractivity contribution in [3.63, 3.8) is 0 Å². The molecule has 1 saturated heterocycles. The molecule has 0 aromatic heterocycles. The third-order valence-corrected chi connectivity index (χ3v) is 7.15. The average molecular weight is 447 g/mol. The Morgan fingerprint density at radius 1 is 0.903 bits per heavy atom. The summed E-state index contributed by atoms with van der Waals surface area (Å²) in [7, 11) is -3.33. The maximum atomic E-state index is 13.3. The second-order valence-corrected chi connectivity index (χ2v) is 9.60. The van der Waals surface area contributed by atoms with E-state index in [2.05, 4.69) is 10.0 Å². The highest BCUT2D eigenvalue weighted by Gasteiger charge is 2.35. The molecule has 2 N–H and O–H groups in total. The number of nitrogens with zero attached hydrogens (tertiary/aromatic N) is 2. The number of piperazine rings is 1. The van der Waals surface area contributed by atoms with E-state index in [0.29, 0.717) is 50.4 Å². The molecule has 0 unspecified atom stereocenters. The maximum Gasteiger partial charge on any atom is 0.321 e. The Labute approximate surface area is 180 Å². The summed E-state index contributed by atoms with van der Waals surface area (Å²) in [6, 6.07) is 11.7. The van der Waals surface area contributed by atoms with Gasteiger partial charge < -0.3 is 15.1 Å². The summed E-state index contributed by atoms with van der Waals surface area (Å²) in [6.07, 6.45) is 1.37. The van der Waals surface area contributed by atoms with E-state index < -0.39 is 15.8 Å². The Hall–Kier alpha value is -3.14. The minimum Gasteiger partial charge on any atom is -0.335 e. The molecule has 0 bridgehead atoms. The Kier molecular flexibility index (Phi) is 5.81. The van der Waals surface area contributed by atoms with Crippen LogP contribution in [0.4, 0.5) is 20.6 Å². The van der Waals surface area contributed by atoms with Gasteiger partial charge in [0, 0.05) is 43.1 Å². The highest BCUT2D eigenvalue weighted by Crippen LogP contribution is 2.30. The van der Waals surface area contributed by atoms with E-state index >= 15 is 0 Å². The second-order valence-electron chi connectivity index (χ2n) is 7.64. The SMILES string of the molecule is O=C(Nc1ccc(NS(=O)(=O)C2CC2)cc1)N1CCN(C(=O)c2cccc(F)c2)CC1. The molecule has 1 saturated carbocycles. The first-order valence-electron chi connectivity index (χ1n) is 10.0. The Balaban J connectivity index is 1.28. The van der Waals surface area contributed by atoms with Gasteiger partial charge in [-0.1, -0.05) is 6.07 Å². The molecule has 2 aromatic carbocycles. The molecule has 31 heavy (non-hydrogen) atoms. The van der Waals surface area contributed by atoms with Gasteiger partial charge in [0.15, 0.2) is 0 Å². The maximum absolute atomic E-state index is 13.3. The fourth-order valence-electron chi connectivity index (χ4n) is 3.37. The standard InChI is InChI=1S/C21H23FN4O4S/c22-16-3-1-2-15(14-16)20(27)25-10-12-26(13-11-25)21(28)23-17-4-6-18(7-5-17)24-31(29,30)19-8-9-19/h1-7,14,19,24H,8-13H2,(H,23,28). The number of carbonyl (C=O) groups is 2. The van der Waals surface area contributed by atoms with Crippen LogP contribution in [0.15, 0.2) is 48.5 Å². The highest BCUT2D eigenvalue weighted by molar-refractivity contribution is 7.93. The van der Waals surface area contributed by atoms with Gasteiger partial charge in [0.05, 0.1) is 5.25 Å². The number of nitrogens with one attached hydrogen (secondary N) is 2. The smallest absolute Gasteiger partial charge is 0.321 e. The molecule has 2 aromatic rings. The topological polar surface area (TPSA) is 98.8 Å². The first kappa shape index (κ1) is 21.1. The van der Waals surface area contributed by atoms with Crippen LogP contribution in [0.5, 0.6) is 0 Å². The van der Waals surface area contributed by atoms with Gasteiger partial charge in [0.1, 0.15) is 5.82 Å². The van der Waals surface area contributed by atoms with Crippen molar-refractivity contribution in [3.05, 3.63) is 59.9 Å². The van der Waals surface area contributed by atoms with Crippen LogP contribution < -0.4 is 10.0 Å². The van der Waals surface area contributed by atoms with Gasteiger partial charge in [-0.2, -0.15) is 0 Å². The van der Waals surface area contributed by atoms with E-state index in [9.17, 15) is 22.4 Å². The third-order valence-electron chi connectivity index (χ3n) is 5.29. The number of hydrogen-bond donors (Lipinski definition) is 2. The zero-order valence-corrected chi connectivity index (χ0v) is 17.6. The van der Waals surface area contributed by atoms with Gasteiger partial charge in [-0.3, -0.25) is 9.52 Å². The molecular weight excluding hydrogens is 423 g/mol. The van der Waals surface area contributed by atoms with E-state index in [1.54, 1.807) is 40.1 Å². The van der Waals surface area contributed by atoms with Crippen LogP contribution in [0.2, 0.25) is 0 Å². The molecule has 10 heteroatoms. The van der Waals surface area contributed by atoms with Crippen LogP contribution in [0.25, 0.3) is 0 Å². The molecule has 1 aliphatic carbocycles. The molecule has 2 fully saturated rings. The fourth-order valence-corrected chi connectivity index (χ4v) is 4.75. The summed E-state index contributed by atoms with van der Waals surface area (Å²) in [5.41, 5.74) is 1.28. The van der Waals surface area contributed by atoms with Crippen molar-refractivity contribution < 1.29 is 22.4 Å². The van der Waals surface area contributed by atoms with Crippen molar-refractivity contribution in [2.75, 3.05) is 36.2 Å². The van der Waals surface area contributed by atoms with Crippen molar-refractivity contribution in [1.29, 1.82) is 0 Å². The van der Waals surface area contributed by atoms with Crippen LogP contribution in [-0.4, -0.2) is 61.6 Å². The number of hydrogen-bond acceptors (Lipinski definition) is 4. The van der Waals surface area contributed by atoms with Gasteiger partial charge in [-0.15, -0.1) is 0 Å². The Bertz CT molecular complexity index is 1080. The number of rotatable bonds is 5. The van der Waals surface area contributed by atoms with E-state index in [4.69, 9.17) is 0 Å². The molecule has 2 aliphatic rings. The number of amides is 3. The summed E-state index contributed by atoms with van der Waals surface area (Å²) >= 11 is 0. The molecule has 0 radical (unpaired) electrons. The van der Waals surface area contributed by atoms with Crippen molar-refractivity contribution in [2.45, 2.75) is 18.1 Å². The van der Waals surface area contributed by atoms with Crippen LogP contribution in [0, 0.1) is 5.82 Å². The predicted octanol–water partition coefficient (Wildman–Crippen LogP) is 2.72. The van der Waals surface area contributed by atoms with E-state index in [1.165, 1.54) is 18.2 Å². The molecule has 4 rings (SSSR count). The third kappa shape index (κ3) is 5.13. The van der Waals surface area contributed by atoms with Crippen molar-refractivity contribution in [1.82, 2.24) is 9.80 Å². The molecule has 0 spiro atoms. The highest BCUT2D eigenvalue weighted by atomic mass is 32.2. The molecule has 0 atom stereocenters. The zero-order valence-electron chi connectivity index (χ0n) is 16.8. The summed E-state index contributed by atoms with van der Waals surface area (Å²) in [6.45, 7) is 1.41. The van der Waals surface area contributed by atoms with E-state index in [-0.39, 0.29) is 22.8 Å². The molecule has 1 aliphatic heterocycles. The largest absolute Gasteiger partial charge is 0.335 e. The molecule has 8 nitrogen and oxygen atoms in total. The van der Waals surface area contributed by atoms with E-state index in [1.807, 2.05) is 0 Å². The van der Waals surface area contributed by atoms with Gasteiger partial charge >= 0.3 is 6.03 Å². The van der Waals surface area contributed by atoms with Crippen LogP contribution in [0.3, 0.4) is 0 Å². The normalized spacial score (nSPS) is 16.7. The first-order valence-corrected chi connectivity index (χ1v) is 11.6. The number of anilines is 2. The number of sulfonamides is 1. The van der Waals surface area contributed by atoms with Gasteiger partial charge in [-0.25, -0.2) is 17.6 Å². The van der Waals surface area contributed by atoms with Gasteiger partial charge in [-0.05, 0) is 55.3 Å². The van der Waals surface area contributed by atoms with Crippen molar-refractivity contribution in [2.24, 2.45) is 0 Å². The predicted molar refractivity (Wildman–Crippen MR) is 115 cm³/mol. The van der Waals surface area contributed by atoms with E-state index in [0.717, 1.165) is 0 Å². The van der Waals surface area contributed by atoms with Crippen LogP contribution in [-0.2, 0) is 10.0 Å². The minimum absolute atomic E-state index is 0.260. The average Bonchev–Trinajstić information content (AvgIpc) is 3.61. The van der Waals surface area contributed by atoms with Crippen molar-refractivity contribution in [3.8, 4) is 0 Å². The number of carbonyl (C=O) groups excluding carboxylic acids is 2. The monoisotopic (exact) mass is 446 g/mol. The summed E-state index contributed by atoms with van der Waals surface area (Å²) in [5.74, 6) is -0.723. The summed E-state index contributed by atoms with van der Waals surface area (Å²) < 4.78 is 39.9. The zero-order chi connectivity index (χ0) is 22.0. The van der Waals surface area contributed by atoms with Crippen molar-refractivity contribution >= 4 is 33.3 Å². The fraction of sp³-hybridized carbons (Fsp3) is 0.333. The number of halogens is 1. The molecule has 1 heterocycles. The number of benzene rings is 2. The molecular formula is C21H23FN4O4S. The quantitative estimate of drug-likeness (QED) is 0.738.